The third-order valence-electron chi connectivity index (χ3n) is 4.64. The Hall–Kier alpha value is -3.18. The Morgan fingerprint density at radius 2 is 1.97 bits per heavy atom. The highest BCUT2D eigenvalue weighted by atomic mass is 32.1. The van der Waals surface area contributed by atoms with Crippen molar-refractivity contribution >= 4 is 45.1 Å². The second kappa shape index (κ2) is 7.68. The number of primary amides is 1. The second-order valence-electron chi connectivity index (χ2n) is 6.87. The SMILES string of the molecule is CN1CCN(c2nc(C(=O)Nc3ccc4nn(C)cc4c3)c(OC(N)=O)s2)CC1. The number of amides is 2. The summed E-state index contributed by atoms with van der Waals surface area (Å²) in [6.07, 6.45) is 0.880. The van der Waals surface area contributed by atoms with Crippen LogP contribution in [0.2, 0.25) is 0 Å². The molecule has 1 aliphatic rings. The van der Waals surface area contributed by atoms with Gasteiger partial charge < -0.3 is 25.6 Å². The number of hydrogen-bond acceptors (Lipinski definition) is 8. The van der Waals surface area contributed by atoms with Crippen LogP contribution in [0.1, 0.15) is 10.5 Å². The molecule has 3 heterocycles. The molecule has 4 rings (SSSR count). The minimum absolute atomic E-state index is 0.0361. The first-order valence-corrected chi connectivity index (χ1v) is 9.87. The molecule has 0 radical (unpaired) electrons. The lowest BCUT2D eigenvalue weighted by molar-refractivity contribution is 0.102. The number of thiazole rings is 1. The molecule has 29 heavy (non-hydrogen) atoms. The van der Waals surface area contributed by atoms with Crippen LogP contribution in [0.5, 0.6) is 5.06 Å². The molecular formula is C18H21N7O3S. The van der Waals surface area contributed by atoms with E-state index >= 15 is 0 Å². The van der Waals surface area contributed by atoms with Crippen LogP contribution in [0, 0.1) is 0 Å². The average Bonchev–Trinajstić information content (AvgIpc) is 3.24. The van der Waals surface area contributed by atoms with Crippen molar-refractivity contribution in [3.63, 3.8) is 0 Å². The summed E-state index contributed by atoms with van der Waals surface area (Å²) in [5.74, 6) is -0.471. The topological polar surface area (TPSA) is 119 Å². The molecule has 1 fully saturated rings. The zero-order valence-electron chi connectivity index (χ0n) is 16.1. The summed E-state index contributed by atoms with van der Waals surface area (Å²) in [7, 11) is 3.89. The lowest BCUT2D eigenvalue weighted by atomic mass is 10.2. The molecule has 0 atom stereocenters. The highest BCUT2D eigenvalue weighted by Crippen LogP contribution is 2.34. The zero-order valence-corrected chi connectivity index (χ0v) is 16.9. The van der Waals surface area contributed by atoms with Gasteiger partial charge in [0, 0.05) is 50.5 Å². The van der Waals surface area contributed by atoms with Crippen molar-refractivity contribution in [3.8, 4) is 5.06 Å². The Morgan fingerprint density at radius 1 is 1.21 bits per heavy atom. The van der Waals surface area contributed by atoms with Gasteiger partial charge in [-0.25, -0.2) is 9.78 Å². The minimum atomic E-state index is -0.982. The maximum Gasteiger partial charge on any atom is 0.410 e. The number of ether oxygens (including phenoxy) is 1. The van der Waals surface area contributed by atoms with Gasteiger partial charge in [0.25, 0.3) is 5.91 Å². The number of aryl methyl sites for hydroxylation is 1. The Labute approximate surface area is 170 Å². The van der Waals surface area contributed by atoms with Gasteiger partial charge in [0.2, 0.25) is 5.06 Å². The van der Waals surface area contributed by atoms with Crippen molar-refractivity contribution in [1.82, 2.24) is 19.7 Å². The first-order chi connectivity index (χ1) is 13.9. The van der Waals surface area contributed by atoms with E-state index in [1.54, 1.807) is 10.7 Å². The molecule has 1 saturated heterocycles. The van der Waals surface area contributed by atoms with E-state index in [-0.39, 0.29) is 10.8 Å². The Balaban J connectivity index is 1.58. The average molecular weight is 415 g/mol. The number of benzene rings is 1. The molecule has 152 valence electrons. The lowest BCUT2D eigenvalue weighted by Crippen LogP contribution is -2.44. The van der Waals surface area contributed by atoms with Gasteiger partial charge in [0.15, 0.2) is 10.8 Å². The van der Waals surface area contributed by atoms with E-state index in [2.05, 4.69) is 32.2 Å². The second-order valence-corrected chi connectivity index (χ2v) is 7.81. The summed E-state index contributed by atoms with van der Waals surface area (Å²) in [6, 6.07) is 5.40. The smallest absolute Gasteiger partial charge is 0.397 e. The number of piperazine rings is 1. The number of rotatable bonds is 4. The summed E-state index contributed by atoms with van der Waals surface area (Å²) < 4.78 is 6.76. The maximum atomic E-state index is 12.9. The number of carbonyl (C=O) groups excluding carboxylic acids is 2. The normalized spacial score (nSPS) is 14.9. The van der Waals surface area contributed by atoms with Gasteiger partial charge in [-0.2, -0.15) is 5.10 Å². The largest absolute Gasteiger partial charge is 0.410 e. The number of carbonyl (C=O) groups is 2. The molecule has 0 aliphatic carbocycles. The van der Waals surface area contributed by atoms with Crippen molar-refractivity contribution in [2.45, 2.75) is 0 Å². The number of nitrogens with two attached hydrogens (primary N) is 1. The maximum absolute atomic E-state index is 12.9. The third-order valence-corrected chi connectivity index (χ3v) is 5.64. The van der Waals surface area contributed by atoms with Crippen LogP contribution < -0.4 is 20.7 Å². The molecule has 0 bridgehead atoms. The van der Waals surface area contributed by atoms with Crippen LogP contribution in [0.15, 0.2) is 24.4 Å². The van der Waals surface area contributed by atoms with Crippen LogP contribution in [0.25, 0.3) is 10.9 Å². The van der Waals surface area contributed by atoms with E-state index in [0.717, 1.165) is 48.4 Å². The van der Waals surface area contributed by atoms with Crippen LogP contribution in [0.4, 0.5) is 15.6 Å². The summed E-state index contributed by atoms with van der Waals surface area (Å²) in [5.41, 5.74) is 6.63. The molecule has 0 saturated carbocycles. The number of nitrogens with one attached hydrogen (secondary N) is 1. The first-order valence-electron chi connectivity index (χ1n) is 9.05. The minimum Gasteiger partial charge on any atom is -0.397 e. The molecule has 3 aromatic rings. The molecule has 1 aromatic carbocycles. The quantitative estimate of drug-likeness (QED) is 0.663. The van der Waals surface area contributed by atoms with Crippen LogP contribution in [-0.4, -0.2) is 64.9 Å². The van der Waals surface area contributed by atoms with E-state index in [4.69, 9.17) is 10.5 Å². The zero-order chi connectivity index (χ0) is 20.5. The Morgan fingerprint density at radius 3 is 2.69 bits per heavy atom. The van der Waals surface area contributed by atoms with E-state index in [1.807, 2.05) is 25.4 Å². The first kappa shape index (κ1) is 19.2. The highest BCUT2D eigenvalue weighted by molar-refractivity contribution is 7.17. The molecule has 3 N–H and O–H groups in total. The Kier molecular flexibility index (Phi) is 5.07. The van der Waals surface area contributed by atoms with E-state index in [1.165, 1.54) is 0 Å². The predicted molar refractivity (Wildman–Crippen MR) is 111 cm³/mol. The van der Waals surface area contributed by atoms with Gasteiger partial charge in [-0.1, -0.05) is 11.3 Å². The highest BCUT2D eigenvalue weighted by Gasteiger charge is 2.25. The fourth-order valence-electron chi connectivity index (χ4n) is 3.15. The van der Waals surface area contributed by atoms with Gasteiger partial charge in [-0.15, -0.1) is 0 Å². The monoisotopic (exact) mass is 415 g/mol. The number of nitrogens with zero attached hydrogens (tertiary/aromatic N) is 5. The summed E-state index contributed by atoms with van der Waals surface area (Å²) in [5, 5.41) is 8.73. The standard InChI is InChI=1S/C18H21N7O3S/c1-23-5-7-25(8-6-23)18-21-14(16(29-18)28-17(19)27)15(26)20-12-3-4-13-11(9-12)10-24(2)22-13/h3-4,9-10H,5-8H2,1-2H3,(H2,19,27)(H,20,26). The molecule has 2 amide bonds. The number of fused-ring (bicyclic) bond motifs is 1. The lowest BCUT2D eigenvalue weighted by Gasteiger charge is -2.31. The van der Waals surface area contributed by atoms with Crippen molar-refractivity contribution in [2.24, 2.45) is 12.8 Å². The Bertz CT molecular complexity index is 1070. The van der Waals surface area contributed by atoms with Crippen molar-refractivity contribution in [2.75, 3.05) is 43.4 Å². The van der Waals surface area contributed by atoms with E-state index < -0.39 is 12.0 Å². The van der Waals surface area contributed by atoms with Gasteiger partial charge in [0.1, 0.15) is 0 Å². The van der Waals surface area contributed by atoms with Gasteiger partial charge in [-0.3, -0.25) is 9.48 Å². The van der Waals surface area contributed by atoms with Gasteiger partial charge in [-0.05, 0) is 25.2 Å². The molecule has 0 unspecified atom stereocenters. The van der Waals surface area contributed by atoms with Crippen molar-refractivity contribution in [3.05, 3.63) is 30.1 Å². The summed E-state index contributed by atoms with van der Waals surface area (Å²) in [4.78, 5) is 32.9. The van der Waals surface area contributed by atoms with E-state index in [0.29, 0.717) is 10.8 Å². The molecule has 10 nitrogen and oxygen atoms in total. The van der Waals surface area contributed by atoms with Crippen molar-refractivity contribution in [1.29, 1.82) is 0 Å². The number of anilines is 2. The molecule has 0 spiro atoms. The van der Waals surface area contributed by atoms with Crippen LogP contribution in [0.3, 0.4) is 0 Å². The number of aromatic nitrogens is 3. The van der Waals surface area contributed by atoms with Crippen molar-refractivity contribution < 1.29 is 14.3 Å². The predicted octanol–water partition coefficient (Wildman–Crippen LogP) is 1.49. The fraction of sp³-hybridized carbons (Fsp3) is 0.333. The van der Waals surface area contributed by atoms with Gasteiger partial charge in [0.05, 0.1) is 5.52 Å². The molecule has 2 aromatic heterocycles. The van der Waals surface area contributed by atoms with Crippen LogP contribution >= 0.6 is 11.3 Å². The van der Waals surface area contributed by atoms with Gasteiger partial charge >= 0.3 is 6.09 Å². The fourth-order valence-corrected chi connectivity index (χ4v) is 4.12. The number of likely N-dealkylation sites (N-methyl/N-ethyl adjacent to an activating group) is 1. The third kappa shape index (κ3) is 4.15. The van der Waals surface area contributed by atoms with Crippen LogP contribution in [-0.2, 0) is 7.05 Å². The summed E-state index contributed by atoms with van der Waals surface area (Å²) in [6.45, 7) is 3.33. The van der Waals surface area contributed by atoms with E-state index in [9.17, 15) is 9.59 Å². The summed E-state index contributed by atoms with van der Waals surface area (Å²) >= 11 is 1.14. The molecule has 1 aliphatic heterocycles. The molecular weight excluding hydrogens is 394 g/mol. The number of hydrogen-bond donors (Lipinski definition) is 2. The molecule has 11 heteroatoms.